The van der Waals surface area contributed by atoms with E-state index in [-0.39, 0.29) is 0 Å². The Bertz CT molecular complexity index is 564. The monoisotopic (exact) mass is 320 g/mol. The molecule has 2 rings (SSSR count). The lowest BCUT2D eigenvalue weighted by molar-refractivity contribution is 0.112. The minimum atomic E-state index is 0.511. The van der Waals surface area contributed by atoms with Crippen LogP contribution in [-0.4, -0.2) is 12.9 Å². The van der Waals surface area contributed by atoms with Gasteiger partial charge in [0.15, 0.2) is 6.29 Å². The van der Waals surface area contributed by atoms with Gasteiger partial charge in [0, 0.05) is 4.47 Å². The maximum Gasteiger partial charge on any atom is 0.153 e. The highest BCUT2D eigenvalue weighted by atomic mass is 79.9. The highest BCUT2D eigenvalue weighted by Crippen LogP contribution is 2.28. The Morgan fingerprint density at radius 1 is 1.11 bits per heavy atom. The zero-order valence-corrected chi connectivity index (χ0v) is 12.0. The highest BCUT2D eigenvalue weighted by Gasteiger charge is 2.05. The molecule has 98 valence electrons. The van der Waals surface area contributed by atoms with E-state index in [9.17, 15) is 4.79 Å². The number of ether oxygens (including phenoxy) is 2. The molecule has 0 atom stereocenters. The molecule has 0 saturated carbocycles. The van der Waals surface area contributed by atoms with Crippen LogP contribution in [0, 0.1) is 0 Å². The van der Waals surface area contributed by atoms with Crippen LogP contribution in [0.2, 0.25) is 0 Å². The molecule has 0 amide bonds. The maximum atomic E-state index is 11.0. The normalized spacial score (nSPS) is 10.0. The van der Waals surface area contributed by atoms with Crippen molar-refractivity contribution in [1.82, 2.24) is 0 Å². The van der Waals surface area contributed by atoms with Gasteiger partial charge in [0.25, 0.3) is 0 Å². The zero-order valence-electron chi connectivity index (χ0n) is 10.4. The minimum Gasteiger partial charge on any atom is -0.494 e. The van der Waals surface area contributed by atoms with Crippen molar-refractivity contribution in [2.45, 2.75) is 6.92 Å². The van der Waals surface area contributed by atoms with Gasteiger partial charge < -0.3 is 9.47 Å². The Kier molecular flexibility index (Phi) is 4.58. The van der Waals surface area contributed by atoms with Crippen molar-refractivity contribution in [2.75, 3.05) is 6.61 Å². The fraction of sp³-hybridized carbons (Fsp3) is 0.133. The van der Waals surface area contributed by atoms with Gasteiger partial charge in [0.05, 0.1) is 12.2 Å². The Morgan fingerprint density at radius 3 is 2.42 bits per heavy atom. The van der Waals surface area contributed by atoms with E-state index < -0.39 is 0 Å². The van der Waals surface area contributed by atoms with Gasteiger partial charge in [-0.2, -0.15) is 0 Å². The lowest BCUT2D eigenvalue weighted by Gasteiger charge is -2.09. The van der Waals surface area contributed by atoms with Crippen LogP contribution < -0.4 is 9.47 Å². The maximum absolute atomic E-state index is 11.0. The average molecular weight is 321 g/mol. The van der Waals surface area contributed by atoms with Crippen LogP contribution in [0.1, 0.15) is 17.3 Å². The summed E-state index contributed by atoms with van der Waals surface area (Å²) in [4.78, 5) is 11.0. The average Bonchev–Trinajstić information content (AvgIpc) is 2.42. The summed E-state index contributed by atoms with van der Waals surface area (Å²) in [5.41, 5.74) is 0.511. The van der Waals surface area contributed by atoms with Gasteiger partial charge in [-0.15, -0.1) is 0 Å². The molecule has 4 heteroatoms. The number of halogens is 1. The van der Waals surface area contributed by atoms with Gasteiger partial charge in [-0.05, 0) is 49.4 Å². The molecule has 0 N–H and O–H groups in total. The van der Waals surface area contributed by atoms with Crippen LogP contribution in [0.5, 0.6) is 17.2 Å². The first-order valence-electron chi connectivity index (χ1n) is 5.88. The van der Waals surface area contributed by atoms with Gasteiger partial charge in [-0.3, -0.25) is 4.79 Å². The molecule has 19 heavy (non-hydrogen) atoms. The predicted octanol–water partition coefficient (Wildman–Crippen LogP) is 4.45. The number of hydrogen-bond donors (Lipinski definition) is 0. The van der Waals surface area contributed by atoms with Gasteiger partial charge >= 0.3 is 0 Å². The molecule has 0 spiro atoms. The van der Waals surface area contributed by atoms with Gasteiger partial charge in [-0.25, -0.2) is 0 Å². The third-order valence-corrected chi connectivity index (χ3v) is 2.96. The van der Waals surface area contributed by atoms with Crippen molar-refractivity contribution in [3.8, 4) is 17.2 Å². The SMILES string of the molecule is CCOc1ccc(Oc2cc(Br)ccc2C=O)cc1. The van der Waals surface area contributed by atoms with E-state index >= 15 is 0 Å². The van der Waals surface area contributed by atoms with Crippen LogP contribution in [0.3, 0.4) is 0 Å². The molecule has 0 heterocycles. The van der Waals surface area contributed by atoms with Crippen LogP contribution in [0.15, 0.2) is 46.9 Å². The number of aldehydes is 1. The summed E-state index contributed by atoms with van der Waals surface area (Å²) in [6, 6.07) is 12.5. The summed E-state index contributed by atoms with van der Waals surface area (Å²) in [7, 11) is 0. The van der Waals surface area contributed by atoms with Crippen molar-refractivity contribution >= 4 is 22.2 Å². The smallest absolute Gasteiger partial charge is 0.153 e. The second kappa shape index (κ2) is 6.38. The first-order valence-corrected chi connectivity index (χ1v) is 6.67. The Labute approximate surface area is 120 Å². The fourth-order valence-electron chi connectivity index (χ4n) is 1.59. The van der Waals surface area contributed by atoms with E-state index in [1.54, 1.807) is 30.3 Å². The summed E-state index contributed by atoms with van der Waals surface area (Å²) in [5.74, 6) is 1.97. The number of benzene rings is 2. The minimum absolute atomic E-state index is 0.511. The molecule has 0 aliphatic heterocycles. The second-order valence-corrected chi connectivity index (χ2v) is 4.72. The number of rotatable bonds is 5. The van der Waals surface area contributed by atoms with E-state index in [1.807, 2.05) is 19.1 Å². The topological polar surface area (TPSA) is 35.5 Å². The molecule has 0 bridgehead atoms. The molecule has 0 radical (unpaired) electrons. The molecular weight excluding hydrogens is 308 g/mol. The molecule has 0 aliphatic carbocycles. The number of carbonyl (C=O) groups excluding carboxylic acids is 1. The van der Waals surface area contributed by atoms with Crippen LogP contribution in [-0.2, 0) is 0 Å². The third-order valence-electron chi connectivity index (χ3n) is 2.47. The van der Waals surface area contributed by atoms with Gasteiger partial charge in [-0.1, -0.05) is 15.9 Å². The quantitative estimate of drug-likeness (QED) is 0.763. The molecule has 0 unspecified atom stereocenters. The van der Waals surface area contributed by atoms with Crippen LogP contribution in [0.4, 0.5) is 0 Å². The van der Waals surface area contributed by atoms with Crippen molar-refractivity contribution in [3.05, 3.63) is 52.5 Å². The van der Waals surface area contributed by atoms with Crippen molar-refractivity contribution in [3.63, 3.8) is 0 Å². The molecule has 0 aliphatic rings. The number of carbonyl (C=O) groups is 1. The first kappa shape index (κ1) is 13.6. The molecular formula is C15H13BrO3. The van der Waals surface area contributed by atoms with Crippen molar-refractivity contribution < 1.29 is 14.3 Å². The lowest BCUT2D eigenvalue weighted by Crippen LogP contribution is -1.92. The fourth-order valence-corrected chi connectivity index (χ4v) is 1.93. The van der Waals surface area contributed by atoms with E-state index in [0.717, 1.165) is 16.5 Å². The highest BCUT2D eigenvalue weighted by molar-refractivity contribution is 9.10. The second-order valence-electron chi connectivity index (χ2n) is 3.81. The van der Waals surface area contributed by atoms with Crippen LogP contribution in [0.25, 0.3) is 0 Å². The van der Waals surface area contributed by atoms with Crippen LogP contribution >= 0.6 is 15.9 Å². The molecule has 0 saturated heterocycles. The standard InChI is InChI=1S/C15H13BrO3/c1-2-18-13-5-7-14(8-6-13)19-15-9-12(16)4-3-11(15)10-17/h3-10H,2H2,1H3. The van der Waals surface area contributed by atoms with Gasteiger partial charge in [0.1, 0.15) is 17.2 Å². The molecule has 0 fully saturated rings. The summed E-state index contributed by atoms with van der Waals surface area (Å²) in [6.07, 6.45) is 0.774. The Hall–Kier alpha value is -1.81. The summed E-state index contributed by atoms with van der Waals surface area (Å²) < 4.78 is 11.9. The van der Waals surface area contributed by atoms with E-state index in [4.69, 9.17) is 9.47 Å². The summed E-state index contributed by atoms with van der Waals surface area (Å²) in [6.45, 7) is 2.56. The summed E-state index contributed by atoms with van der Waals surface area (Å²) in [5, 5.41) is 0. The van der Waals surface area contributed by atoms with E-state index in [0.29, 0.717) is 23.7 Å². The molecule has 0 aromatic heterocycles. The van der Waals surface area contributed by atoms with Crippen molar-refractivity contribution in [1.29, 1.82) is 0 Å². The zero-order chi connectivity index (χ0) is 13.7. The predicted molar refractivity (Wildman–Crippen MR) is 77.2 cm³/mol. The lowest BCUT2D eigenvalue weighted by atomic mass is 10.2. The Morgan fingerprint density at radius 2 is 1.79 bits per heavy atom. The number of hydrogen-bond acceptors (Lipinski definition) is 3. The van der Waals surface area contributed by atoms with E-state index in [2.05, 4.69) is 15.9 Å². The molecule has 2 aromatic rings. The van der Waals surface area contributed by atoms with E-state index in [1.165, 1.54) is 0 Å². The van der Waals surface area contributed by atoms with Gasteiger partial charge in [0.2, 0.25) is 0 Å². The molecule has 2 aromatic carbocycles. The third kappa shape index (κ3) is 3.58. The first-order chi connectivity index (χ1) is 9.22. The molecule has 3 nitrogen and oxygen atoms in total. The van der Waals surface area contributed by atoms with Crippen molar-refractivity contribution in [2.24, 2.45) is 0 Å². The largest absolute Gasteiger partial charge is 0.494 e. The summed E-state index contributed by atoms with van der Waals surface area (Å²) >= 11 is 3.36. The Balaban J connectivity index is 2.20.